The number of aliphatic hydroxyl groups is 1. The number of anilines is 1. The summed E-state index contributed by atoms with van der Waals surface area (Å²) in [5, 5.41) is 9.64. The number of aromatic nitrogens is 2. The average Bonchev–Trinajstić information content (AvgIpc) is 2.77. The lowest BCUT2D eigenvalue weighted by Gasteiger charge is -2.27. The van der Waals surface area contributed by atoms with Crippen LogP contribution in [-0.4, -0.2) is 40.8 Å². The molecule has 0 fully saturated rings. The van der Waals surface area contributed by atoms with Gasteiger partial charge in [0.15, 0.2) is 5.82 Å². The minimum atomic E-state index is -0.0310. The molecule has 0 aromatic carbocycles. The Hall–Kier alpha value is -1.59. The molecule has 0 bridgehead atoms. The van der Waals surface area contributed by atoms with Crippen LogP contribution in [-0.2, 0) is 11.3 Å². The fourth-order valence-corrected chi connectivity index (χ4v) is 2.21. The molecule has 0 atom stereocenters. The number of ether oxygens (including phenoxy) is 1. The Balaban J connectivity index is 2.46. The summed E-state index contributed by atoms with van der Waals surface area (Å²) in [5.74, 6) is 0.834. The van der Waals surface area contributed by atoms with Gasteiger partial charge in [0.2, 0.25) is 0 Å². The van der Waals surface area contributed by atoms with Gasteiger partial charge in [-0.1, -0.05) is 6.07 Å². The number of hydrogen-bond donors (Lipinski definition) is 1. The monoisotopic (exact) mass is 263 g/mol. The summed E-state index contributed by atoms with van der Waals surface area (Å²) in [5.41, 5.74) is 1.67. The van der Waals surface area contributed by atoms with Crippen molar-refractivity contribution in [2.24, 2.45) is 0 Å². The first-order chi connectivity index (χ1) is 9.19. The zero-order valence-corrected chi connectivity index (χ0v) is 11.7. The lowest BCUT2D eigenvalue weighted by atomic mass is 10.3. The van der Waals surface area contributed by atoms with E-state index in [0.717, 1.165) is 23.7 Å². The molecule has 2 heterocycles. The van der Waals surface area contributed by atoms with Crippen LogP contribution in [0.2, 0.25) is 0 Å². The van der Waals surface area contributed by atoms with E-state index in [1.807, 2.05) is 28.8 Å². The third-order valence-corrected chi connectivity index (χ3v) is 3.19. The number of methoxy groups -OCH3 is 1. The third kappa shape index (κ3) is 2.72. The Morgan fingerprint density at radius 3 is 2.84 bits per heavy atom. The molecule has 0 unspecified atom stereocenters. The summed E-state index contributed by atoms with van der Waals surface area (Å²) < 4.78 is 7.08. The van der Waals surface area contributed by atoms with Crippen LogP contribution in [0.15, 0.2) is 24.4 Å². The van der Waals surface area contributed by atoms with Gasteiger partial charge in [-0.2, -0.15) is 0 Å². The van der Waals surface area contributed by atoms with Gasteiger partial charge in [-0.25, -0.2) is 4.98 Å². The van der Waals surface area contributed by atoms with Crippen molar-refractivity contribution in [2.45, 2.75) is 26.5 Å². The van der Waals surface area contributed by atoms with Crippen molar-refractivity contribution in [3.63, 3.8) is 0 Å². The fraction of sp³-hybridized carbons (Fsp3) is 0.500. The van der Waals surface area contributed by atoms with Crippen molar-refractivity contribution < 1.29 is 9.84 Å². The van der Waals surface area contributed by atoms with E-state index in [4.69, 9.17) is 4.74 Å². The van der Waals surface area contributed by atoms with Crippen molar-refractivity contribution in [2.75, 3.05) is 25.2 Å². The molecule has 0 radical (unpaired) electrons. The third-order valence-electron chi connectivity index (χ3n) is 3.19. The second-order valence-electron chi connectivity index (χ2n) is 4.75. The largest absolute Gasteiger partial charge is 0.390 e. The molecule has 0 saturated carbocycles. The molecule has 104 valence electrons. The first kappa shape index (κ1) is 13.8. The average molecular weight is 263 g/mol. The minimum absolute atomic E-state index is 0.0310. The number of aliphatic hydroxyl groups excluding tert-OH is 1. The van der Waals surface area contributed by atoms with Gasteiger partial charge in [0.25, 0.3) is 0 Å². The standard InChI is InChI=1S/C14H21N3O2/c1-11(2)16(8-9-19-3)14-12(10-18)17-7-5-4-6-13(17)15-14/h4-7,11,18H,8-10H2,1-3H3. The van der Waals surface area contributed by atoms with Crippen LogP contribution in [0.3, 0.4) is 0 Å². The van der Waals surface area contributed by atoms with Crippen LogP contribution >= 0.6 is 0 Å². The van der Waals surface area contributed by atoms with Gasteiger partial charge in [-0.15, -0.1) is 0 Å². The number of imidazole rings is 1. The molecule has 1 N–H and O–H groups in total. The zero-order valence-electron chi connectivity index (χ0n) is 11.7. The molecule has 0 amide bonds. The highest BCUT2D eigenvalue weighted by Gasteiger charge is 2.19. The van der Waals surface area contributed by atoms with E-state index in [9.17, 15) is 5.11 Å². The SMILES string of the molecule is COCCN(c1nc2ccccn2c1CO)C(C)C. The zero-order chi connectivity index (χ0) is 13.8. The maximum Gasteiger partial charge on any atom is 0.153 e. The number of nitrogens with zero attached hydrogens (tertiary/aromatic N) is 3. The summed E-state index contributed by atoms with van der Waals surface area (Å²) in [7, 11) is 1.69. The smallest absolute Gasteiger partial charge is 0.153 e. The van der Waals surface area contributed by atoms with Gasteiger partial charge in [-0.05, 0) is 26.0 Å². The van der Waals surface area contributed by atoms with E-state index in [1.165, 1.54) is 0 Å². The molecule has 0 aliphatic rings. The molecule has 0 saturated heterocycles. The summed E-state index contributed by atoms with van der Waals surface area (Å²) in [4.78, 5) is 6.79. The quantitative estimate of drug-likeness (QED) is 0.861. The molecule has 0 aliphatic carbocycles. The summed E-state index contributed by atoms with van der Waals surface area (Å²) in [6.45, 7) is 5.58. The van der Waals surface area contributed by atoms with E-state index in [0.29, 0.717) is 12.6 Å². The van der Waals surface area contributed by atoms with E-state index >= 15 is 0 Å². The topological polar surface area (TPSA) is 50.0 Å². The van der Waals surface area contributed by atoms with E-state index in [-0.39, 0.29) is 6.61 Å². The maximum atomic E-state index is 9.64. The Morgan fingerprint density at radius 2 is 2.21 bits per heavy atom. The molecule has 5 nitrogen and oxygen atoms in total. The lowest BCUT2D eigenvalue weighted by Crippen LogP contribution is -2.34. The molecule has 2 aromatic heterocycles. The second-order valence-corrected chi connectivity index (χ2v) is 4.75. The van der Waals surface area contributed by atoms with Crippen LogP contribution in [0.25, 0.3) is 5.65 Å². The predicted molar refractivity (Wildman–Crippen MR) is 75.5 cm³/mol. The Labute approximate surface area is 113 Å². The van der Waals surface area contributed by atoms with E-state index in [1.54, 1.807) is 7.11 Å². The number of pyridine rings is 1. The van der Waals surface area contributed by atoms with Crippen molar-refractivity contribution in [3.05, 3.63) is 30.1 Å². The van der Waals surface area contributed by atoms with Gasteiger partial charge >= 0.3 is 0 Å². The molecule has 2 aromatic rings. The number of rotatable bonds is 6. The molecule has 5 heteroatoms. The van der Waals surface area contributed by atoms with Gasteiger partial charge < -0.3 is 14.7 Å². The van der Waals surface area contributed by atoms with Gasteiger partial charge in [0, 0.05) is 25.9 Å². The van der Waals surface area contributed by atoms with Crippen molar-refractivity contribution in [3.8, 4) is 0 Å². The fourth-order valence-electron chi connectivity index (χ4n) is 2.21. The normalized spacial score (nSPS) is 11.4. The summed E-state index contributed by atoms with van der Waals surface area (Å²) >= 11 is 0. The minimum Gasteiger partial charge on any atom is -0.390 e. The molecular formula is C14H21N3O2. The predicted octanol–water partition coefficient (Wildman–Crippen LogP) is 1.69. The van der Waals surface area contributed by atoms with E-state index in [2.05, 4.69) is 23.7 Å². The molecule has 0 spiro atoms. The van der Waals surface area contributed by atoms with Crippen LogP contribution in [0.1, 0.15) is 19.5 Å². The maximum absolute atomic E-state index is 9.64. The van der Waals surface area contributed by atoms with Gasteiger partial charge in [0.1, 0.15) is 5.65 Å². The van der Waals surface area contributed by atoms with E-state index < -0.39 is 0 Å². The Kier molecular flexibility index (Phi) is 4.39. The molecule has 19 heavy (non-hydrogen) atoms. The molecule has 2 rings (SSSR count). The van der Waals surface area contributed by atoms with Crippen molar-refractivity contribution in [1.29, 1.82) is 0 Å². The highest BCUT2D eigenvalue weighted by molar-refractivity contribution is 5.56. The van der Waals surface area contributed by atoms with Crippen molar-refractivity contribution >= 4 is 11.5 Å². The Bertz CT molecular complexity index is 536. The molecular weight excluding hydrogens is 242 g/mol. The van der Waals surface area contributed by atoms with Crippen LogP contribution in [0.5, 0.6) is 0 Å². The summed E-state index contributed by atoms with van der Waals surface area (Å²) in [6.07, 6.45) is 1.92. The first-order valence-electron chi connectivity index (χ1n) is 6.51. The first-order valence-corrected chi connectivity index (χ1v) is 6.51. The lowest BCUT2D eigenvalue weighted by molar-refractivity contribution is 0.203. The highest BCUT2D eigenvalue weighted by Crippen LogP contribution is 2.23. The van der Waals surface area contributed by atoms with Gasteiger partial charge in [-0.3, -0.25) is 4.40 Å². The van der Waals surface area contributed by atoms with Crippen LogP contribution in [0, 0.1) is 0 Å². The highest BCUT2D eigenvalue weighted by atomic mass is 16.5. The number of hydrogen-bond acceptors (Lipinski definition) is 4. The Morgan fingerprint density at radius 1 is 1.42 bits per heavy atom. The molecule has 0 aliphatic heterocycles. The second kappa shape index (κ2) is 6.04. The van der Waals surface area contributed by atoms with Crippen LogP contribution in [0.4, 0.5) is 5.82 Å². The van der Waals surface area contributed by atoms with Crippen LogP contribution < -0.4 is 4.90 Å². The number of fused-ring (bicyclic) bond motifs is 1. The van der Waals surface area contributed by atoms with Crippen molar-refractivity contribution in [1.82, 2.24) is 9.38 Å². The van der Waals surface area contributed by atoms with Gasteiger partial charge in [0.05, 0.1) is 18.9 Å². The summed E-state index contributed by atoms with van der Waals surface area (Å²) in [6, 6.07) is 6.12.